The van der Waals surface area contributed by atoms with Crippen molar-refractivity contribution in [1.29, 1.82) is 5.26 Å². The minimum absolute atomic E-state index is 0.371. The third-order valence-corrected chi connectivity index (χ3v) is 2.32. The van der Waals surface area contributed by atoms with Crippen molar-refractivity contribution in [3.05, 3.63) is 41.9 Å². The highest BCUT2D eigenvalue weighted by molar-refractivity contribution is 5.62. The Bertz CT molecular complexity index is 587. The molecule has 0 aliphatic heterocycles. The quantitative estimate of drug-likeness (QED) is 0.787. The fourth-order valence-corrected chi connectivity index (χ4v) is 1.56. The van der Waals surface area contributed by atoms with Gasteiger partial charge in [-0.15, -0.1) is 0 Å². The number of nitrogens with zero attached hydrogens (tertiary/aromatic N) is 3. The van der Waals surface area contributed by atoms with E-state index in [4.69, 9.17) is 10.00 Å². The van der Waals surface area contributed by atoms with Crippen LogP contribution >= 0.6 is 0 Å². The summed E-state index contributed by atoms with van der Waals surface area (Å²) in [5, 5.41) is 8.87. The van der Waals surface area contributed by atoms with Gasteiger partial charge in [0.15, 0.2) is 0 Å². The number of benzene rings is 1. The summed E-state index contributed by atoms with van der Waals surface area (Å²) in [5.41, 5.74) is 2.01. The predicted molar refractivity (Wildman–Crippen MR) is 63.5 cm³/mol. The normalized spacial score (nSPS) is 9.71. The highest BCUT2D eigenvalue weighted by atomic mass is 16.5. The number of ether oxygens (including phenoxy) is 1. The van der Waals surface area contributed by atoms with E-state index in [0.717, 1.165) is 17.0 Å². The Kier molecular flexibility index (Phi) is 3.01. The summed E-state index contributed by atoms with van der Waals surface area (Å²) in [6.45, 7) is 1.77. The van der Waals surface area contributed by atoms with E-state index in [1.54, 1.807) is 20.1 Å². The first kappa shape index (κ1) is 11.1. The lowest BCUT2D eigenvalue weighted by molar-refractivity contribution is 0.415. The van der Waals surface area contributed by atoms with E-state index < -0.39 is 0 Å². The van der Waals surface area contributed by atoms with Crippen LogP contribution in [0.3, 0.4) is 0 Å². The zero-order valence-electron chi connectivity index (χ0n) is 9.64. The maximum absolute atomic E-state index is 8.87. The van der Waals surface area contributed by atoms with E-state index in [-0.39, 0.29) is 0 Å². The lowest BCUT2D eigenvalue weighted by atomic mass is 10.1. The number of nitriles is 1. The summed E-state index contributed by atoms with van der Waals surface area (Å²) >= 11 is 0. The average molecular weight is 225 g/mol. The molecule has 0 radical (unpaired) electrons. The molecule has 0 atom stereocenters. The van der Waals surface area contributed by atoms with Crippen LogP contribution in [-0.4, -0.2) is 17.1 Å². The first-order chi connectivity index (χ1) is 8.22. The molecule has 84 valence electrons. The van der Waals surface area contributed by atoms with Crippen LogP contribution in [0.5, 0.6) is 5.75 Å². The van der Waals surface area contributed by atoms with Crippen LogP contribution in [0.1, 0.15) is 11.5 Å². The Labute approximate surface area is 99.5 Å². The highest BCUT2D eigenvalue weighted by Crippen LogP contribution is 2.22. The van der Waals surface area contributed by atoms with Crippen molar-refractivity contribution in [2.75, 3.05) is 7.11 Å². The largest absolute Gasteiger partial charge is 0.497 e. The summed E-state index contributed by atoms with van der Waals surface area (Å²) in [4.78, 5) is 8.33. The molecule has 0 spiro atoms. The summed E-state index contributed by atoms with van der Waals surface area (Å²) in [6, 6.07) is 11.2. The van der Waals surface area contributed by atoms with Crippen molar-refractivity contribution in [3.8, 4) is 23.1 Å². The number of hydrogen-bond donors (Lipinski definition) is 0. The van der Waals surface area contributed by atoms with Crippen molar-refractivity contribution in [2.45, 2.75) is 6.92 Å². The lowest BCUT2D eigenvalue weighted by Gasteiger charge is -2.05. The van der Waals surface area contributed by atoms with Crippen molar-refractivity contribution in [1.82, 2.24) is 9.97 Å². The maximum Gasteiger partial charge on any atom is 0.144 e. The van der Waals surface area contributed by atoms with Gasteiger partial charge in [0.05, 0.1) is 12.8 Å². The predicted octanol–water partition coefficient (Wildman–Crippen LogP) is 2.33. The molecule has 0 fully saturated rings. The summed E-state index contributed by atoms with van der Waals surface area (Å²) in [6.07, 6.45) is 0. The van der Waals surface area contributed by atoms with E-state index in [1.165, 1.54) is 0 Å². The van der Waals surface area contributed by atoms with Gasteiger partial charge in [-0.25, -0.2) is 9.97 Å². The van der Waals surface area contributed by atoms with Crippen LogP contribution in [-0.2, 0) is 0 Å². The number of aryl methyl sites for hydroxylation is 1. The molecule has 0 unspecified atom stereocenters. The third kappa shape index (κ3) is 2.40. The van der Waals surface area contributed by atoms with Gasteiger partial charge in [0.1, 0.15) is 23.3 Å². The molecule has 17 heavy (non-hydrogen) atoms. The number of hydrogen-bond acceptors (Lipinski definition) is 4. The van der Waals surface area contributed by atoms with Crippen LogP contribution < -0.4 is 4.74 Å². The van der Waals surface area contributed by atoms with Crippen molar-refractivity contribution in [3.63, 3.8) is 0 Å². The van der Waals surface area contributed by atoms with Gasteiger partial charge in [0.2, 0.25) is 0 Å². The minimum atomic E-state index is 0.371. The second-order valence-electron chi connectivity index (χ2n) is 3.53. The van der Waals surface area contributed by atoms with Crippen LogP contribution in [0, 0.1) is 18.3 Å². The molecule has 4 nitrogen and oxygen atoms in total. The summed E-state index contributed by atoms with van der Waals surface area (Å²) < 4.78 is 5.15. The Morgan fingerprint density at radius 2 is 2.06 bits per heavy atom. The zero-order chi connectivity index (χ0) is 12.3. The van der Waals surface area contributed by atoms with Crippen LogP contribution in [0.25, 0.3) is 11.3 Å². The van der Waals surface area contributed by atoms with E-state index in [9.17, 15) is 0 Å². The second kappa shape index (κ2) is 4.62. The second-order valence-corrected chi connectivity index (χ2v) is 3.53. The van der Waals surface area contributed by atoms with Gasteiger partial charge in [-0.3, -0.25) is 0 Å². The van der Waals surface area contributed by atoms with Crippen LogP contribution in [0.15, 0.2) is 30.3 Å². The molecule has 0 amide bonds. The number of methoxy groups -OCH3 is 1. The Hall–Kier alpha value is -2.41. The monoisotopic (exact) mass is 225 g/mol. The molecule has 1 aromatic carbocycles. The molecule has 0 saturated heterocycles. The molecule has 2 aromatic rings. The van der Waals surface area contributed by atoms with Crippen LogP contribution in [0.2, 0.25) is 0 Å². The van der Waals surface area contributed by atoms with Crippen molar-refractivity contribution in [2.24, 2.45) is 0 Å². The average Bonchev–Trinajstić information content (AvgIpc) is 2.38. The molecule has 4 heteroatoms. The molecule has 0 bridgehead atoms. The molecule has 0 aliphatic carbocycles. The van der Waals surface area contributed by atoms with Crippen molar-refractivity contribution >= 4 is 0 Å². The van der Waals surface area contributed by atoms with Gasteiger partial charge < -0.3 is 4.74 Å². The number of aromatic nitrogens is 2. The van der Waals surface area contributed by atoms with Gasteiger partial charge in [-0.05, 0) is 19.1 Å². The van der Waals surface area contributed by atoms with Gasteiger partial charge in [-0.1, -0.05) is 12.1 Å². The number of rotatable bonds is 2. The molecule has 1 aromatic heterocycles. The first-order valence-corrected chi connectivity index (χ1v) is 5.13. The van der Waals surface area contributed by atoms with E-state index in [2.05, 4.69) is 9.97 Å². The Balaban J connectivity index is 2.52. The van der Waals surface area contributed by atoms with E-state index in [1.807, 2.05) is 30.3 Å². The third-order valence-electron chi connectivity index (χ3n) is 2.32. The molecular formula is C13H11N3O. The molecule has 1 heterocycles. The molecule has 0 N–H and O–H groups in total. The van der Waals surface area contributed by atoms with Gasteiger partial charge in [-0.2, -0.15) is 5.26 Å². The molecule has 0 saturated carbocycles. The van der Waals surface area contributed by atoms with Crippen molar-refractivity contribution < 1.29 is 4.74 Å². The fraction of sp³-hybridized carbons (Fsp3) is 0.154. The molecule has 2 rings (SSSR count). The topological polar surface area (TPSA) is 58.8 Å². The van der Waals surface area contributed by atoms with Gasteiger partial charge in [0, 0.05) is 11.6 Å². The maximum atomic E-state index is 8.87. The SMILES string of the molecule is COc1cccc(-c2cc(C#N)nc(C)n2)c1. The first-order valence-electron chi connectivity index (χ1n) is 5.13. The van der Waals surface area contributed by atoms with Crippen LogP contribution in [0.4, 0.5) is 0 Å². The smallest absolute Gasteiger partial charge is 0.144 e. The fourth-order valence-electron chi connectivity index (χ4n) is 1.56. The lowest BCUT2D eigenvalue weighted by Crippen LogP contribution is -1.94. The van der Waals surface area contributed by atoms with E-state index >= 15 is 0 Å². The Morgan fingerprint density at radius 1 is 1.24 bits per heavy atom. The minimum Gasteiger partial charge on any atom is -0.497 e. The Morgan fingerprint density at radius 3 is 2.76 bits per heavy atom. The molecular weight excluding hydrogens is 214 g/mol. The summed E-state index contributed by atoms with van der Waals surface area (Å²) in [7, 11) is 1.62. The van der Waals surface area contributed by atoms with E-state index in [0.29, 0.717) is 11.5 Å². The standard InChI is InChI=1S/C13H11N3O/c1-9-15-11(8-14)7-13(16-9)10-4-3-5-12(6-10)17-2/h3-7H,1-2H3. The zero-order valence-corrected chi connectivity index (χ0v) is 9.64. The van der Waals surface area contributed by atoms with Gasteiger partial charge in [0.25, 0.3) is 0 Å². The van der Waals surface area contributed by atoms with Gasteiger partial charge >= 0.3 is 0 Å². The summed E-state index contributed by atoms with van der Waals surface area (Å²) in [5.74, 6) is 1.35. The highest BCUT2D eigenvalue weighted by Gasteiger charge is 2.05. The molecule has 0 aliphatic rings.